The van der Waals surface area contributed by atoms with Crippen molar-refractivity contribution in [3.8, 4) is 0 Å². The fraction of sp³-hybridized carbons (Fsp3) is 0.409. The first kappa shape index (κ1) is 17.7. The molecule has 132 valence electrons. The Kier molecular flexibility index (Phi) is 6.24. The SMILES string of the molecule is NCC1CCCC1NC(=O)CC(Cc1ccccc1)c1ccccc1. The van der Waals surface area contributed by atoms with Crippen molar-refractivity contribution in [2.75, 3.05) is 6.54 Å². The minimum atomic E-state index is 0.148. The summed E-state index contributed by atoms with van der Waals surface area (Å²) < 4.78 is 0. The maximum atomic E-state index is 12.7. The minimum Gasteiger partial charge on any atom is -0.353 e. The highest BCUT2D eigenvalue weighted by Gasteiger charge is 2.28. The number of rotatable bonds is 7. The Morgan fingerprint density at radius 3 is 2.40 bits per heavy atom. The van der Waals surface area contributed by atoms with Gasteiger partial charge in [-0.2, -0.15) is 0 Å². The molecule has 0 aromatic heterocycles. The minimum absolute atomic E-state index is 0.148. The molecule has 3 heteroatoms. The predicted molar refractivity (Wildman–Crippen MR) is 102 cm³/mol. The van der Waals surface area contributed by atoms with E-state index in [2.05, 4.69) is 41.7 Å². The van der Waals surface area contributed by atoms with Gasteiger partial charge in [-0.3, -0.25) is 4.79 Å². The number of amides is 1. The average molecular weight is 336 g/mol. The van der Waals surface area contributed by atoms with E-state index >= 15 is 0 Å². The third kappa shape index (κ3) is 4.93. The summed E-state index contributed by atoms with van der Waals surface area (Å²) in [5, 5.41) is 3.25. The van der Waals surface area contributed by atoms with Crippen LogP contribution in [0.25, 0.3) is 0 Å². The van der Waals surface area contributed by atoms with Crippen molar-refractivity contribution < 1.29 is 4.79 Å². The van der Waals surface area contributed by atoms with Crippen LogP contribution < -0.4 is 11.1 Å². The molecule has 1 aliphatic carbocycles. The topological polar surface area (TPSA) is 55.1 Å². The van der Waals surface area contributed by atoms with Gasteiger partial charge in [-0.25, -0.2) is 0 Å². The zero-order valence-corrected chi connectivity index (χ0v) is 14.7. The van der Waals surface area contributed by atoms with Crippen molar-refractivity contribution in [3.05, 3.63) is 71.8 Å². The Hall–Kier alpha value is -2.13. The summed E-state index contributed by atoms with van der Waals surface area (Å²) in [6, 6.07) is 21.0. The van der Waals surface area contributed by atoms with E-state index in [4.69, 9.17) is 5.73 Å². The van der Waals surface area contributed by atoms with E-state index in [1.807, 2.05) is 24.3 Å². The highest BCUT2D eigenvalue weighted by atomic mass is 16.1. The molecule has 3 rings (SSSR count). The maximum Gasteiger partial charge on any atom is 0.220 e. The van der Waals surface area contributed by atoms with Crippen LogP contribution in [0.3, 0.4) is 0 Å². The summed E-state index contributed by atoms with van der Waals surface area (Å²) in [4.78, 5) is 12.7. The van der Waals surface area contributed by atoms with Crippen molar-refractivity contribution in [1.29, 1.82) is 0 Å². The Morgan fingerprint density at radius 1 is 1.04 bits per heavy atom. The van der Waals surface area contributed by atoms with Gasteiger partial charge in [-0.1, -0.05) is 67.1 Å². The lowest BCUT2D eigenvalue weighted by atomic mass is 9.89. The van der Waals surface area contributed by atoms with Crippen LogP contribution in [0.1, 0.15) is 42.7 Å². The Bertz CT molecular complexity index is 656. The highest BCUT2D eigenvalue weighted by Crippen LogP contribution is 2.27. The molecule has 0 saturated heterocycles. The summed E-state index contributed by atoms with van der Waals surface area (Å²) in [5.74, 6) is 0.782. The standard InChI is InChI=1S/C22H28N2O/c23-16-19-12-7-13-21(19)24-22(25)15-20(18-10-5-2-6-11-18)14-17-8-3-1-4-9-17/h1-6,8-11,19-21H,7,12-16,23H2,(H,24,25). The number of benzene rings is 2. The molecule has 0 radical (unpaired) electrons. The monoisotopic (exact) mass is 336 g/mol. The van der Waals surface area contributed by atoms with Gasteiger partial charge >= 0.3 is 0 Å². The lowest BCUT2D eigenvalue weighted by Gasteiger charge is -2.22. The van der Waals surface area contributed by atoms with Gasteiger partial charge in [0, 0.05) is 12.5 Å². The van der Waals surface area contributed by atoms with Crippen LogP contribution >= 0.6 is 0 Å². The van der Waals surface area contributed by atoms with Crippen molar-refractivity contribution in [1.82, 2.24) is 5.32 Å². The summed E-state index contributed by atoms with van der Waals surface area (Å²) in [5.41, 5.74) is 8.34. The van der Waals surface area contributed by atoms with Crippen LogP contribution in [0.15, 0.2) is 60.7 Å². The molecule has 1 fully saturated rings. The second-order valence-corrected chi connectivity index (χ2v) is 7.10. The number of carbonyl (C=O) groups excluding carboxylic acids is 1. The summed E-state index contributed by atoms with van der Waals surface area (Å²) >= 11 is 0. The predicted octanol–water partition coefficient (Wildman–Crippen LogP) is 3.65. The van der Waals surface area contributed by atoms with Crippen LogP contribution in [-0.2, 0) is 11.2 Å². The van der Waals surface area contributed by atoms with Gasteiger partial charge in [0.25, 0.3) is 0 Å². The van der Waals surface area contributed by atoms with Crippen LogP contribution in [0, 0.1) is 5.92 Å². The summed E-state index contributed by atoms with van der Waals surface area (Å²) in [6.07, 6.45) is 4.75. The van der Waals surface area contributed by atoms with Crippen molar-refractivity contribution in [3.63, 3.8) is 0 Å². The van der Waals surface area contributed by atoms with Crippen molar-refractivity contribution in [2.24, 2.45) is 11.7 Å². The second-order valence-electron chi connectivity index (χ2n) is 7.10. The van der Waals surface area contributed by atoms with E-state index in [0.717, 1.165) is 19.3 Å². The third-order valence-corrected chi connectivity index (χ3v) is 5.34. The molecular weight excluding hydrogens is 308 g/mol. The van der Waals surface area contributed by atoms with Crippen LogP contribution in [0.5, 0.6) is 0 Å². The lowest BCUT2D eigenvalue weighted by molar-refractivity contribution is -0.122. The molecule has 3 unspecified atom stereocenters. The van der Waals surface area contributed by atoms with Gasteiger partial charge in [0.05, 0.1) is 0 Å². The van der Waals surface area contributed by atoms with E-state index in [-0.39, 0.29) is 17.9 Å². The number of hydrogen-bond acceptors (Lipinski definition) is 2. The van der Waals surface area contributed by atoms with Gasteiger partial charge in [-0.05, 0) is 48.8 Å². The quantitative estimate of drug-likeness (QED) is 0.811. The number of carbonyl (C=O) groups is 1. The Labute approximate surface area is 150 Å². The van der Waals surface area contributed by atoms with E-state index in [1.54, 1.807) is 0 Å². The zero-order valence-electron chi connectivity index (χ0n) is 14.7. The molecule has 2 aromatic carbocycles. The summed E-state index contributed by atoms with van der Waals surface area (Å²) in [6.45, 7) is 0.664. The van der Waals surface area contributed by atoms with E-state index in [0.29, 0.717) is 18.9 Å². The van der Waals surface area contributed by atoms with Crippen molar-refractivity contribution in [2.45, 2.75) is 44.1 Å². The molecule has 3 atom stereocenters. The number of nitrogens with one attached hydrogen (secondary N) is 1. The molecule has 0 spiro atoms. The zero-order chi connectivity index (χ0) is 17.5. The van der Waals surface area contributed by atoms with Gasteiger partial charge < -0.3 is 11.1 Å². The first-order valence-corrected chi connectivity index (χ1v) is 9.34. The van der Waals surface area contributed by atoms with E-state index in [1.165, 1.54) is 17.5 Å². The molecule has 1 aliphatic rings. The van der Waals surface area contributed by atoms with Crippen LogP contribution in [0.4, 0.5) is 0 Å². The van der Waals surface area contributed by atoms with Gasteiger partial charge in [0.2, 0.25) is 5.91 Å². The van der Waals surface area contributed by atoms with Gasteiger partial charge in [0.15, 0.2) is 0 Å². The third-order valence-electron chi connectivity index (χ3n) is 5.34. The van der Waals surface area contributed by atoms with Gasteiger partial charge in [0.1, 0.15) is 0 Å². The molecule has 2 aromatic rings. The van der Waals surface area contributed by atoms with Gasteiger partial charge in [-0.15, -0.1) is 0 Å². The fourth-order valence-electron chi connectivity index (χ4n) is 3.93. The number of hydrogen-bond donors (Lipinski definition) is 2. The largest absolute Gasteiger partial charge is 0.353 e. The molecule has 3 N–H and O–H groups in total. The Balaban J connectivity index is 1.68. The number of nitrogens with two attached hydrogens (primary N) is 1. The molecular formula is C22H28N2O. The first-order chi connectivity index (χ1) is 12.3. The van der Waals surface area contributed by atoms with E-state index in [9.17, 15) is 4.79 Å². The molecule has 3 nitrogen and oxygen atoms in total. The average Bonchev–Trinajstić information content (AvgIpc) is 3.10. The van der Waals surface area contributed by atoms with Crippen LogP contribution in [0.2, 0.25) is 0 Å². The normalized spacial score (nSPS) is 21.0. The highest BCUT2D eigenvalue weighted by molar-refractivity contribution is 5.77. The molecule has 1 saturated carbocycles. The summed E-state index contributed by atoms with van der Waals surface area (Å²) in [7, 11) is 0. The first-order valence-electron chi connectivity index (χ1n) is 9.34. The molecule has 0 bridgehead atoms. The molecule has 0 aliphatic heterocycles. The van der Waals surface area contributed by atoms with Crippen molar-refractivity contribution >= 4 is 5.91 Å². The molecule has 0 heterocycles. The smallest absolute Gasteiger partial charge is 0.220 e. The van der Waals surface area contributed by atoms with Crippen LogP contribution in [-0.4, -0.2) is 18.5 Å². The fourth-order valence-corrected chi connectivity index (χ4v) is 3.93. The second kappa shape index (κ2) is 8.82. The molecule has 1 amide bonds. The van der Waals surface area contributed by atoms with E-state index < -0.39 is 0 Å². The maximum absolute atomic E-state index is 12.7. The Morgan fingerprint density at radius 2 is 1.72 bits per heavy atom. The molecule has 25 heavy (non-hydrogen) atoms. The lowest BCUT2D eigenvalue weighted by Crippen LogP contribution is -2.40.